The Morgan fingerprint density at radius 1 is 1.26 bits per heavy atom. The average molecular weight is 485 g/mol. The molecule has 1 aromatic heterocycles. The fourth-order valence-electron chi connectivity index (χ4n) is 3.70. The molecule has 1 fully saturated rings. The van der Waals surface area contributed by atoms with Gasteiger partial charge in [0.25, 0.3) is 5.91 Å². The van der Waals surface area contributed by atoms with E-state index >= 15 is 0 Å². The molecule has 0 radical (unpaired) electrons. The van der Waals surface area contributed by atoms with Gasteiger partial charge >= 0.3 is 0 Å². The monoisotopic (exact) mass is 484 g/mol. The van der Waals surface area contributed by atoms with Gasteiger partial charge in [-0.2, -0.15) is 0 Å². The maximum absolute atomic E-state index is 13.3. The van der Waals surface area contributed by atoms with Crippen LogP contribution in [0.25, 0.3) is 11.1 Å². The van der Waals surface area contributed by atoms with Crippen molar-refractivity contribution in [1.82, 2.24) is 15.2 Å². The van der Waals surface area contributed by atoms with E-state index in [1.165, 1.54) is 0 Å². The van der Waals surface area contributed by atoms with Gasteiger partial charge in [0.1, 0.15) is 16.3 Å². The van der Waals surface area contributed by atoms with Crippen LogP contribution in [0.4, 0.5) is 0 Å². The second-order valence-electron chi connectivity index (χ2n) is 7.86. The molecule has 3 heterocycles. The van der Waals surface area contributed by atoms with Gasteiger partial charge in [-0.25, -0.2) is 4.99 Å². The first-order valence-corrected chi connectivity index (χ1v) is 11.3. The first-order chi connectivity index (χ1) is 15.0. The van der Waals surface area contributed by atoms with E-state index in [1.807, 2.05) is 42.0 Å². The number of alkyl halides is 1. The normalized spacial score (nSPS) is 18.9. The Bertz CT molecular complexity index is 1070. The number of benzene rings is 1. The molecule has 31 heavy (non-hydrogen) atoms. The highest BCUT2D eigenvalue weighted by atomic mass is 79.9. The van der Waals surface area contributed by atoms with Gasteiger partial charge in [-0.05, 0) is 31.2 Å². The number of pyridine rings is 1. The highest BCUT2D eigenvalue weighted by Gasteiger charge is 2.20. The molecule has 1 amide bonds. The van der Waals surface area contributed by atoms with Gasteiger partial charge in [0.2, 0.25) is 5.43 Å². The van der Waals surface area contributed by atoms with E-state index in [0.717, 1.165) is 43.7 Å². The van der Waals surface area contributed by atoms with E-state index in [0.29, 0.717) is 17.3 Å². The van der Waals surface area contributed by atoms with E-state index in [-0.39, 0.29) is 15.9 Å². The van der Waals surface area contributed by atoms with E-state index < -0.39 is 5.91 Å². The molecule has 8 heteroatoms. The van der Waals surface area contributed by atoms with Crippen LogP contribution in [0.1, 0.15) is 28.8 Å². The summed E-state index contributed by atoms with van der Waals surface area (Å²) in [6.07, 6.45) is 8.67. The largest absolute Gasteiger partial charge is 0.381 e. The van der Waals surface area contributed by atoms with Gasteiger partial charge in [0, 0.05) is 50.1 Å². The van der Waals surface area contributed by atoms with Gasteiger partial charge in [0.15, 0.2) is 0 Å². The number of carbonyl (C=O) groups is 1. The molecule has 162 valence electrons. The minimum absolute atomic E-state index is 0.0882. The van der Waals surface area contributed by atoms with Crippen molar-refractivity contribution >= 4 is 28.1 Å². The van der Waals surface area contributed by atoms with Crippen LogP contribution in [-0.4, -0.2) is 34.9 Å². The molecule has 4 rings (SSSR count). The molecule has 0 aliphatic carbocycles. The first-order valence-electron chi connectivity index (χ1n) is 10.3. The van der Waals surface area contributed by atoms with Gasteiger partial charge in [-0.15, -0.1) is 0 Å². The summed E-state index contributed by atoms with van der Waals surface area (Å²) in [6.45, 7) is 4.23. The van der Waals surface area contributed by atoms with Crippen LogP contribution < -0.4 is 16.1 Å². The van der Waals surface area contributed by atoms with Crippen LogP contribution in [0.3, 0.4) is 0 Å². The van der Waals surface area contributed by atoms with Gasteiger partial charge in [-0.3, -0.25) is 9.59 Å². The van der Waals surface area contributed by atoms with Crippen LogP contribution in [-0.2, 0) is 11.3 Å². The summed E-state index contributed by atoms with van der Waals surface area (Å²) in [5, 5.41) is 5.73. The zero-order valence-electron chi connectivity index (χ0n) is 17.3. The van der Waals surface area contributed by atoms with Crippen molar-refractivity contribution < 1.29 is 9.53 Å². The third-order valence-corrected chi connectivity index (χ3v) is 5.96. The van der Waals surface area contributed by atoms with E-state index in [2.05, 4.69) is 31.6 Å². The van der Waals surface area contributed by atoms with Crippen LogP contribution >= 0.6 is 15.9 Å². The molecule has 1 unspecified atom stereocenters. The summed E-state index contributed by atoms with van der Waals surface area (Å²) in [4.78, 5) is 30.4. The highest BCUT2D eigenvalue weighted by molar-refractivity contribution is 9.09. The number of halogens is 1. The Hall–Kier alpha value is -2.71. The standard InChI is InChI=1S/C23H25BrN4O3/c1-15-2-4-17(5-3-15)18-13-28(12-16-6-8-31-9-7-16)14-19(22(18)29)23(30)27-21-11-25-20(24)10-26-21/h2-5,10-11,13-14,16,20,25H,6-9,12H2,1H3,(H,27,30). The van der Waals surface area contributed by atoms with Crippen molar-refractivity contribution in [3.63, 3.8) is 0 Å². The molecule has 2 aliphatic heterocycles. The van der Waals surface area contributed by atoms with E-state index in [9.17, 15) is 9.59 Å². The smallest absolute Gasteiger partial charge is 0.262 e. The first kappa shape index (κ1) is 21.5. The number of aliphatic imine (C=N–C) groups is 1. The molecule has 1 aromatic carbocycles. The molecule has 7 nitrogen and oxygen atoms in total. The molecule has 0 spiro atoms. The second kappa shape index (κ2) is 9.62. The predicted molar refractivity (Wildman–Crippen MR) is 124 cm³/mol. The van der Waals surface area contributed by atoms with Crippen LogP contribution in [0.5, 0.6) is 0 Å². The summed E-state index contributed by atoms with van der Waals surface area (Å²) in [7, 11) is 0. The van der Waals surface area contributed by atoms with Gasteiger partial charge in [-0.1, -0.05) is 45.8 Å². The lowest BCUT2D eigenvalue weighted by Gasteiger charge is -2.23. The van der Waals surface area contributed by atoms with E-state index in [1.54, 1.807) is 18.6 Å². The molecule has 0 saturated carbocycles. The number of hydrogen-bond acceptors (Lipinski definition) is 5. The van der Waals surface area contributed by atoms with Crippen molar-refractivity contribution in [2.24, 2.45) is 10.9 Å². The number of aromatic nitrogens is 1. The summed E-state index contributed by atoms with van der Waals surface area (Å²) >= 11 is 3.36. The molecule has 2 N–H and O–H groups in total. The number of carbonyl (C=O) groups excluding carboxylic acids is 1. The fourth-order valence-corrected chi connectivity index (χ4v) is 3.95. The quantitative estimate of drug-likeness (QED) is 0.504. The van der Waals surface area contributed by atoms with Crippen molar-refractivity contribution in [2.45, 2.75) is 31.3 Å². The van der Waals surface area contributed by atoms with Crippen molar-refractivity contribution in [2.75, 3.05) is 13.2 Å². The Kier molecular flexibility index (Phi) is 6.67. The number of nitrogens with zero attached hydrogens (tertiary/aromatic N) is 2. The van der Waals surface area contributed by atoms with Crippen molar-refractivity contribution in [3.8, 4) is 11.1 Å². The van der Waals surface area contributed by atoms with Crippen LogP contribution in [0.15, 0.2) is 58.5 Å². The number of hydrogen-bond donors (Lipinski definition) is 2. The number of aryl methyl sites for hydroxylation is 1. The fraction of sp³-hybridized carbons (Fsp3) is 0.348. The maximum Gasteiger partial charge on any atom is 0.262 e. The summed E-state index contributed by atoms with van der Waals surface area (Å²) in [5.74, 6) is 0.332. The lowest BCUT2D eigenvalue weighted by atomic mass is 9.99. The zero-order chi connectivity index (χ0) is 21.8. The van der Waals surface area contributed by atoms with Crippen LogP contribution in [0, 0.1) is 12.8 Å². The van der Waals surface area contributed by atoms with Crippen molar-refractivity contribution in [3.05, 3.63) is 70.0 Å². The number of nitrogens with one attached hydrogen (secondary N) is 2. The zero-order valence-corrected chi connectivity index (χ0v) is 18.9. The van der Waals surface area contributed by atoms with Crippen molar-refractivity contribution in [1.29, 1.82) is 0 Å². The average Bonchev–Trinajstić information content (AvgIpc) is 2.78. The molecule has 1 atom stereocenters. The maximum atomic E-state index is 13.3. The third kappa shape index (κ3) is 5.32. The lowest BCUT2D eigenvalue weighted by Crippen LogP contribution is -2.33. The van der Waals surface area contributed by atoms with Crippen LogP contribution in [0.2, 0.25) is 0 Å². The molecular formula is C23H25BrN4O3. The Labute approximate surface area is 189 Å². The Morgan fingerprint density at radius 2 is 2.00 bits per heavy atom. The third-order valence-electron chi connectivity index (χ3n) is 5.46. The molecular weight excluding hydrogens is 460 g/mol. The Balaban J connectivity index is 1.68. The van der Waals surface area contributed by atoms with Gasteiger partial charge in [0.05, 0.1) is 0 Å². The Morgan fingerprint density at radius 3 is 2.68 bits per heavy atom. The second-order valence-corrected chi connectivity index (χ2v) is 8.85. The molecule has 2 aliphatic rings. The minimum atomic E-state index is -0.474. The summed E-state index contributed by atoms with van der Waals surface area (Å²) < 4.78 is 7.43. The predicted octanol–water partition coefficient (Wildman–Crippen LogP) is 3.17. The minimum Gasteiger partial charge on any atom is -0.381 e. The van der Waals surface area contributed by atoms with Gasteiger partial charge < -0.3 is 19.9 Å². The lowest BCUT2D eigenvalue weighted by molar-refractivity contribution is 0.0611. The van der Waals surface area contributed by atoms with E-state index in [4.69, 9.17) is 4.74 Å². The summed E-state index contributed by atoms with van der Waals surface area (Å²) in [5.41, 5.74) is 2.22. The number of amides is 1. The SMILES string of the molecule is Cc1ccc(-c2cn(CC3CCOCC3)cc(C(=O)NC3=CNC(Br)C=N3)c2=O)cc1. The number of ether oxygens (including phenoxy) is 1. The highest BCUT2D eigenvalue weighted by Crippen LogP contribution is 2.21. The topological polar surface area (TPSA) is 84.7 Å². The molecule has 0 bridgehead atoms. The summed E-state index contributed by atoms with van der Waals surface area (Å²) in [6, 6.07) is 7.77. The molecule has 2 aromatic rings. The number of rotatable bonds is 5. The molecule has 1 saturated heterocycles.